The van der Waals surface area contributed by atoms with Crippen LogP contribution in [0.1, 0.15) is 53.4 Å². The Morgan fingerprint density at radius 1 is 1.00 bits per heavy atom. The molecule has 0 aliphatic carbocycles. The standard InChI is InChI=1S/C17H28O3/c1-5-20-17(19)12-15(3)10-6-8-14(2)9-7-11-16(4)13-18/h8,11-12,18H,5-7,9-10,13H2,1-4H3/b14-8+,15-12+,16-11+. The van der Waals surface area contributed by atoms with E-state index in [1.807, 2.05) is 13.8 Å². The SMILES string of the molecule is CCOC(=O)/C=C(\C)CC/C=C(\C)CC/C=C(\C)CO. The number of aliphatic hydroxyl groups excluding tert-OH is 1. The highest BCUT2D eigenvalue weighted by molar-refractivity contribution is 5.82. The Morgan fingerprint density at radius 2 is 1.55 bits per heavy atom. The van der Waals surface area contributed by atoms with E-state index in [9.17, 15) is 4.79 Å². The van der Waals surface area contributed by atoms with E-state index in [2.05, 4.69) is 19.1 Å². The van der Waals surface area contributed by atoms with Crippen LogP contribution in [0.5, 0.6) is 0 Å². The fraction of sp³-hybridized carbons (Fsp3) is 0.588. The van der Waals surface area contributed by atoms with Crippen molar-refractivity contribution in [3.8, 4) is 0 Å². The second kappa shape index (κ2) is 11.5. The number of hydrogen-bond acceptors (Lipinski definition) is 3. The summed E-state index contributed by atoms with van der Waals surface area (Å²) in [5, 5.41) is 8.89. The van der Waals surface area contributed by atoms with Crippen LogP contribution in [0.4, 0.5) is 0 Å². The predicted molar refractivity (Wildman–Crippen MR) is 83.5 cm³/mol. The molecular weight excluding hydrogens is 252 g/mol. The van der Waals surface area contributed by atoms with Crippen molar-refractivity contribution in [1.82, 2.24) is 0 Å². The molecule has 1 N–H and O–H groups in total. The van der Waals surface area contributed by atoms with Crippen molar-refractivity contribution in [3.63, 3.8) is 0 Å². The van der Waals surface area contributed by atoms with Crippen LogP contribution >= 0.6 is 0 Å². The van der Waals surface area contributed by atoms with Gasteiger partial charge in [-0.25, -0.2) is 4.79 Å². The highest BCUT2D eigenvalue weighted by atomic mass is 16.5. The maximum Gasteiger partial charge on any atom is 0.330 e. The molecule has 0 aromatic heterocycles. The molecule has 20 heavy (non-hydrogen) atoms. The topological polar surface area (TPSA) is 46.5 Å². The fourth-order valence-corrected chi connectivity index (χ4v) is 1.72. The molecule has 0 saturated carbocycles. The molecule has 114 valence electrons. The monoisotopic (exact) mass is 280 g/mol. The summed E-state index contributed by atoms with van der Waals surface area (Å²) in [7, 11) is 0. The first-order valence-electron chi connectivity index (χ1n) is 7.25. The predicted octanol–water partition coefficient (Wildman–Crippen LogP) is 3.94. The molecule has 0 heterocycles. The Kier molecular flexibility index (Phi) is 10.7. The Hall–Kier alpha value is -1.35. The molecule has 0 rings (SSSR count). The van der Waals surface area contributed by atoms with E-state index in [4.69, 9.17) is 9.84 Å². The first kappa shape index (κ1) is 18.7. The lowest BCUT2D eigenvalue weighted by Gasteiger charge is -2.02. The van der Waals surface area contributed by atoms with E-state index >= 15 is 0 Å². The van der Waals surface area contributed by atoms with Gasteiger partial charge in [0.1, 0.15) is 0 Å². The first-order valence-corrected chi connectivity index (χ1v) is 7.25. The summed E-state index contributed by atoms with van der Waals surface area (Å²) < 4.78 is 4.87. The summed E-state index contributed by atoms with van der Waals surface area (Å²) in [5.74, 6) is -0.254. The molecule has 0 aromatic rings. The molecule has 0 aliphatic heterocycles. The van der Waals surface area contributed by atoms with Gasteiger partial charge in [-0.2, -0.15) is 0 Å². The quantitative estimate of drug-likeness (QED) is 0.395. The Morgan fingerprint density at radius 3 is 2.10 bits per heavy atom. The third-order valence-electron chi connectivity index (χ3n) is 2.96. The average molecular weight is 280 g/mol. The third kappa shape index (κ3) is 10.6. The molecular formula is C17H28O3. The van der Waals surface area contributed by atoms with Crippen LogP contribution in [0.3, 0.4) is 0 Å². The van der Waals surface area contributed by atoms with E-state index in [0.717, 1.165) is 36.8 Å². The van der Waals surface area contributed by atoms with Crippen molar-refractivity contribution in [2.24, 2.45) is 0 Å². The zero-order valence-electron chi connectivity index (χ0n) is 13.2. The third-order valence-corrected chi connectivity index (χ3v) is 2.96. The normalized spacial score (nSPS) is 13.6. The maximum absolute atomic E-state index is 11.2. The van der Waals surface area contributed by atoms with Gasteiger partial charge in [0.05, 0.1) is 13.2 Å². The van der Waals surface area contributed by atoms with Gasteiger partial charge >= 0.3 is 5.97 Å². The molecule has 0 aliphatic rings. The molecule has 0 bridgehead atoms. The number of allylic oxidation sites excluding steroid dienone is 4. The summed E-state index contributed by atoms with van der Waals surface area (Å²) in [4.78, 5) is 11.2. The van der Waals surface area contributed by atoms with E-state index in [-0.39, 0.29) is 12.6 Å². The average Bonchev–Trinajstić information content (AvgIpc) is 2.38. The van der Waals surface area contributed by atoms with Crippen LogP contribution in [-0.4, -0.2) is 24.3 Å². The van der Waals surface area contributed by atoms with E-state index in [1.54, 1.807) is 13.0 Å². The number of carbonyl (C=O) groups excluding carboxylic acids is 1. The molecule has 0 fully saturated rings. The number of rotatable bonds is 9. The van der Waals surface area contributed by atoms with Gasteiger partial charge in [-0.05, 0) is 53.4 Å². The number of esters is 1. The molecule has 0 atom stereocenters. The molecule has 0 aromatic carbocycles. The van der Waals surface area contributed by atoms with E-state index in [0.29, 0.717) is 6.61 Å². The highest BCUT2D eigenvalue weighted by Crippen LogP contribution is 2.11. The minimum atomic E-state index is -0.254. The van der Waals surface area contributed by atoms with Crippen molar-refractivity contribution < 1.29 is 14.6 Å². The molecule has 0 spiro atoms. The number of aliphatic hydroxyl groups is 1. The number of hydrogen-bond donors (Lipinski definition) is 1. The van der Waals surface area contributed by atoms with Crippen LogP contribution in [0.2, 0.25) is 0 Å². The molecule has 0 unspecified atom stereocenters. The van der Waals surface area contributed by atoms with Gasteiger partial charge in [0.15, 0.2) is 0 Å². The van der Waals surface area contributed by atoms with Crippen LogP contribution in [0.25, 0.3) is 0 Å². The van der Waals surface area contributed by atoms with Gasteiger partial charge in [-0.1, -0.05) is 28.9 Å². The lowest BCUT2D eigenvalue weighted by molar-refractivity contribution is -0.137. The molecule has 3 nitrogen and oxygen atoms in total. The van der Waals surface area contributed by atoms with Gasteiger partial charge in [-0.15, -0.1) is 0 Å². The summed E-state index contributed by atoms with van der Waals surface area (Å²) in [5.41, 5.74) is 3.41. The van der Waals surface area contributed by atoms with Crippen molar-refractivity contribution in [3.05, 3.63) is 34.9 Å². The van der Waals surface area contributed by atoms with Gasteiger partial charge in [-0.3, -0.25) is 0 Å². The number of ether oxygens (including phenoxy) is 1. The molecule has 3 heteroatoms. The fourth-order valence-electron chi connectivity index (χ4n) is 1.72. The smallest absolute Gasteiger partial charge is 0.330 e. The largest absolute Gasteiger partial charge is 0.463 e. The molecule has 0 saturated heterocycles. The Balaban J connectivity index is 4.01. The Labute approximate surface area is 123 Å². The minimum absolute atomic E-state index is 0.139. The van der Waals surface area contributed by atoms with E-state index < -0.39 is 0 Å². The zero-order chi connectivity index (χ0) is 15.4. The van der Waals surface area contributed by atoms with E-state index in [1.165, 1.54) is 5.57 Å². The van der Waals surface area contributed by atoms with Crippen LogP contribution < -0.4 is 0 Å². The first-order chi connectivity index (χ1) is 9.49. The van der Waals surface area contributed by atoms with Crippen LogP contribution in [0, 0.1) is 0 Å². The summed E-state index contributed by atoms with van der Waals surface area (Å²) in [6.45, 7) is 8.37. The highest BCUT2D eigenvalue weighted by Gasteiger charge is 1.97. The van der Waals surface area contributed by atoms with Gasteiger partial charge in [0, 0.05) is 6.08 Å². The van der Waals surface area contributed by atoms with Crippen molar-refractivity contribution in [1.29, 1.82) is 0 Å². The second-order valence-corrected chi connectivity index (χ2v) is 5.08. The molecule has 0 radical (unpaired) electrons. The lowest BCUT2D eigenvalue weighted by Crippen LogP contribution is -2.00. The van der Waals surface area contributed by atoms with Crippen molar-refractivity contribution in [2.45, 2.75) is 53.4 Å². The van der Waals surface area contributed by atoms with Gasteiger partial charge in [0.2, 0.25) is 0 Å². The van der Waals surface area contributed by atoms with Crippen molar-refractivity contribution >= 4 is 5.97 Å². The maximum atomic E-state index is 11.2. The van der Waals surface area contributed by atoms with Crippen LogP contribution in [-0.2, 0) is 9.53 Å². The van der Waals surface area contributed by atoms with Crippen LogP contribution in [0.15, 0.2) is 34.9 Å². The summed E-state index contributed by atoms with van der Waals surface area (Å²) >= 11 is 0. The molecule has 0 amide bonds. The van der Waals surface area contributed by atoms with Crippen molar-refractivity contribution in [2.75, 3.05) is 13.2 Å². The van der Waals surface area contributed by atoms with Gasteiger partial charge < -0.3 is 9.84 Å². The minimum Gasteiger partial charge on any atom is -0.463 e. The lowest BCUT2D eigenvalue weighted by atomic mass is 10.1. The van der Waals surface area contributed by atoms with Gasteiger partial charge in [0.25, 0.3) is 0 Å². The number of carbonyl (C=O) groups is 1. The Bertz CT molecular complexity index is 376. The second-order valence-electron chi connectivity index (χ2n) is 5.08. The summed E-state index contributed by atoms with van der Waals surface area (Å²) in [6, 6.07) is 0. The summed E-state index contributed by atoms with van der Waals surface area (Å²) in [6.07, 6.45) is 9.65. The zero-order valence-corrected chi connectivity index (χ0v) is 13.2.